The van der Waals surface area contributed by atoms with Crippen molar-refractivity contribution in [2.24, 2.45) is 0 Å². The quantitative estimate of drug-likeness (QED) is 0.701. The lowest BCUT2D eigenvalue weighted by Gasteiger charge is -2.06. The number of benzene rings is 1. The first-order chi connectivity index (χ1) is 12.1. The van der Waals surface area contributed by atoms with Crippen molar-refractivity contribution in [1.29, 1.82) is 0 Å². The summed E-state index contributed by atoms with van der Waals surface area (Å²) in [5.41, 5.74) is 5.13. The van der Waals surface area contributed by atoms with Crippen molar-refractivity contribution in [3.8, 4) is 11.3 Å². The van der Waals surface area contributed by atoms with E-state index in [-0.39, 0.29) is 5.91 Å². The normalized spacial score (nSPS) is 10.7. The molecule has 4 nitrogen and oxygen atoms in total. The van der Waals surface area contributed by atoms with Crippen LogP contribution < -0.4 is 5.32 Å². The lowest BCUT2D eigenvalue weighted by Crippen LogP contribution is -2.11. The van der Waals surface area contributed by atoms with Gasteiger partial charge >= 0.3 is 0 Å². The van der Waals surface area contributed by atoms with Crippen LogP contribution in [0.15, 0.2) is 42.7 Å². The monoisotopic (exact) mass is 351 g/mol. The van der Waals surface area contributed by atoms with Gasteiger partial charge in [0.15, 0.2) is 5.13 Å². The summed E-state index contributed by atoms with van der Waals surface area (Å²) in [5.74, 6) is -0.161. The molecular weight excluding hydrogens is 330 g/mol. The maximum Gasteiger partial charge on any atom is 0.257 e. The van der Waals surface area contributed by atoms with Crippen molar-refractivity contribution < 1.29 is 4.79 Å². The molecule has 5 heteroatoms. The van der Waals surface area contributed by atoms with Crippen LogP contribution in [0.3, 0.4) is 0 Å². The second kappa shape index (κ2) is 7.57. The highest BCUT2D eigenvalue weighted by Gasteiger charge is 2.16. The van der Waals surface area contributed by atoms with Gasteiger partial charge in [-0.05, 0) is 38.0 Å². The summed E-state index contributed by atoms with van der Waals surface area (Å²) in [7, 11) is 0. The number of hydrogen-bond donors (Lipinski definition) is 1. The molecule has 1 N–H and O–H groups in total. The van der Waals surface area contributed by atoms with Gasteiger partial charge in [-0.2, -0.15) is 0 Å². The van der Waals surface area contributed by atoms with Crippen LogP contribution in [0.25, 0.3) is 11.3 Å². The maximum absolute atomic E-state index is 12.4. The van der Waals surface area contributed by atoms with Gasteiger partial charge in [-0.3, -0.25) is 15.1 Å². The first kappa shape index (κ1) is 17.3. The molecule has 2 heterocycles. The molecule has 0 bridgehead atoms. The SMILES string of the molecule is CCCc1sc(NC(=O)c2ccncc2)nc1-c1ccc(C)cc1C. The molecule has 0 saturated heterocycles. The van der Waals surface area contributed by atoms with E-state index in [0.29, 0.717) is 10.7 Å². The van der Waals surface area contributed by atoms with E-state index in [9.17, 15) is 4.79 Å². The molecule has 128 valence electrons. The molecule has 2 aromatic heterocycles. The molecular formula is C20H21N3OS. The fourth-order valence-corrected chi connectivity index (χ4v) is 3.84. The molecule has 0 radical (unpaired) electrons. The zero-order valence-electron chi connectivity index (χ0n) is 14.7. The van der Waals surface area contributed by atoms with Crippen LogP contribution in [0.2, 0.25) is 0 Å². The summed E-state index contributed by atoms with van der Waals surface area (Å²) < 4.78 is 0. The lowest BCUT2D eigenvalue weighted by atomic mass is 10.0. The number of anilines is 1. The van der Waals surface area contributed by atoms with Crippen LogP contribution in [-0.4, -0.2) is 15.9 Å². The van der Waals surface area contributed by atoms with E-state index >= 15 is 0 Å². The van der Waals surface area contributed by atoms with Gasteiger partial charge < -0.3 is 0 Å². The van der Waals surface area contributed by atoms with Crippen molar-refractivity contribution in [2.45, 2.75) is 33.6 Å². The molecule has 0 fully saturated rings. The van der Waals surface area contributed by atoms with Crippen LogP contribution >= 0.6 is 11.3 Å². The van der Waals surface area contributed by atoms with Gasteiger partial charge in [-0.25, -0.2) is 4.98 Å². The third kappa shape index (κ3) is 3.94. The summed E-state index contributed by atoms with van der Waals surface area (Å²) in [6, 6.07) is 9.78. The van der Waals surface area contributed by atoms with Gasteiger partial charge in [0, 0.05) is 28.4 Å². The number of amides is 1. The Kier molecular flexibility index (Phi) is 5.24. The largest absolute Gasteiger partial charge is 0.298 e. The highest BCUT2D eigenvalue weighted by molar-refractivity contribution is 7.16. The fourth-order valence-electron chi connectivity index (χ4n) is 2.76. The van der Waals surface area contributed by atoms with Crippen molar-refractivity contribution in [1.82, 2.24) is 9.97 Å². The molecule has 0 saturated carbocycles. The van der Waals surface area contributed by atoms with E-state index in [1.807, 2.05) is 0 Å². The third-order valence-corrected chi connectivity index (χ3v) is 5.00. The van der Waals surface area contributed by atoms with Crippen LogP contribution in [0.1, 0.15) is 39.7 Å². The molecule has 1 amide bonds. The molecule has 0 spiro atoms. The average Bonchev–Trinajstić information content (AvgIpc) is 2.98. The molecule has 3 rings (SSSR count). The van der Waals surface area contributed by atoms with E-state index in [2.05, 4.69) is 49.3 Å². The van der Waals surface area contributed by atoms with Crippen LogP contribution in [-0.2, 0) is 6.42 Å². The minimum Gasteiger partial charge on any atom is -0.298 e. The second-order valence-electron chi connectivity index (χ2n) is 6.05. The molecule has 0 atom stereocenters. The minimum atomic E-state index is -0.161. The zero-order valence-corrected chi connectivity index (χ0v) is 15.5. The summed E-state index contributed by atoms with van der Waals surface area (Å²) in [6.45, 7) is 6.35. The van der Waals surface area contributed by atoms with Crippen LogP contribution in [0, 0.1) is 13.8 Å². The molecule has 0 aliphatic carbocycles. The van der Waals surface area contributed by atoms with Crippen molar-refractivity contribution in [2.75, 3.05) is 5.32 Å². The first-order valence-corrected chi connectivity index (χ1v) is 9.19. The number of carbonyl (C=O) groups excluding carboxylic acids is 1. The number of nitrogens with one attached hydrogen (secondary N) is 1. The molecule has 0 unspecified atom stereocenters. The average molecular weight is 351 g/mol. The molecule has 3 aromatic rings. The van der Waals surface area contributed by atoms with Gasteiger partial charge in [-0.15, -0.1) is 11.3 Å². The van der Waals surface area contributed by atoms with Crippen LogP contribution in [0.5, 0.6) is 0 Å². The lowest BCUT2D eigenvalue weighted by molar-refractivity contribution is 0.102. The highest BCUT2D eigenvalue weighted by Crippen LogP contribution is 2.34. The molecule has 1 aromatic carbocycles. The van der Waals surface area contributed by atoms with E-state index in [0.717, 1.165) is 24.1 Å². The third-order valence-electron chi connectivity index (χ3n) is 3.97. The molecule has 0 aliphatic rings. The Morgan fingerprint density at radius 3 is 2.60 bits per heavy atom. The summed E-state index contributed by atoms with van der Waals surface area (Å²) in [6.07, 6.45) is 5.21. The summed E-state index contributed by atoms with van der Waals surface area (Å²) in [4.78, 5) is 22.2. The molecule has 25 heavy (non-hydrogen) atoms. The Balaban J connectivity index is 1.93. The number of thiazole rings is 1. The van der Waals surface area contributed by atoms with Crippen molar-refractivity contribution >= 4 is 22.4 Å². The van der Waals surface area contributed by atoms with Gasteiger partial charge in [-0.1, -0.05) is 37.1 Å². The number of carbonyl (C=O) groups is 1. The second-order valence-corrected chi connectivity index (χ2v) is 7.13. The number of aromatic nitrogens is 2. The van der Waals surface area contributed by atoms with Crippen molar-refractivity contribution in [3.63, 3.8) is 0 Å². The Morgan fingerprint density at radius 2 is 1.92 bits per heavy atom. The Bertz CT molecular complexity index is 887. The Morgan fingerprint density at radius 1 is 1.16 bits per heavy atom. The zero-order chi connectivity index (χ0) is 17.8. The smallest absolute Gasteiger partial charge is 0.257 e. The van der Waals surface area contributed by atoms with E-state index in [1.165, 1.54) is 16.0 Å². The first-order valence-electron chi connectivity index (χ1n) is 8.37. The number of aryl methyl sites for hydroxylation is 3. The van der Waals surface area contributed by atoms with Gasteiger partial charge in [0.25, 0.3) is 5.91 Å². The maximum atomic E-state index is 12.4. The number of hydrogen-bond acceptors (Lipinski definition) is 4. The highest BCUT2D eigenvalue weighted by atomic mass is 32.1. The van der Waals surface area contributed by atoms with Crippen LogP contribution in [0.4, 0.5) is 5.13 Å². The fraction of sp³-hybridized carbons (Fsp3) is 0.250. The number of pyridine rings is 1. The predicted molar refractivity (Wildman–Crippen MR) is 103 cm³/mol. The van der Waals surface area contributed by atoms with E-state index < -0.39 is 0 Å². The minimum absolute atomic E-state index is 0.161. The number of nitrogens with zero attached hydrogens (tertiary/aromatic N) is 2. The van der Waals surface area contributed by atoms with Gasteiger partial charge in [0.1, 0.15) is 0 Å². The van der Waals surface area contributed by atoms with E-state index in [4.69, 9.17) is 4.98 Å². The predicted octanol–water partition coefficient (Wildman–Crippen LogP) is 5.03. The Labute approximate surface area is 152 Å². The van der Waals surface area contributed by atoms with Gasteiger partial charge in [0.2, 0.25) is 0 Å². The van der Waals surface area contributed by atoms with E-state index in [1.54, 1.807) is 35.9 Å². The summed E-state index contributed by atoms with van der Waals surface area (Å²) >= 11 is 1.56. The van der Waals surface area contributed by atoms with Crippen molar-refractivity contribution in [3.05, 3.63) is 64.3 Å². The topological polar surface area (TPSA) is 54.9 Å². The standard InChI is InChI=1S/C20H21N3OS/c1-4-5-17-18(16-7-6-13(2)12-14(16)3)22-20(25-17)23-19(24)15-8-10-21-11-9-15/h6-12H,4-5H2,1-3H3,(H,22,23,24). The number of rotatable bonds is 5. The Hall–Kier alpha value is -2.53. The molecule has 0 aliphatic heterocycles. The summed E-state index contributed by atoms with van der Waals surface area (Å²) in [5, 5.41) is 3.56. The van der Waals surface area contributed by atoms with Gasteiger partial charge in [0.05, 0.1) is 5.69 Å².